The second-order valence-corrected chi connectivity index (χ2v) is 9.01. The van der Waals surface area contributed by atoms with Crippen LogP contribution in [0.3, 0.4) is 0 Å². The standard InChI is InChI=1S/C25H20Cl2N2O3S/c1-2-32-13-12-29-22-20(27)14-19(26)15-21(22)33-25(29)28-24(31)18-10-8-17(9-11-18)23(30)16-6-4-3-5-7-16/h3-11,14-15H,2,12-13H2,1H3. The van der Waals surface area contributed by atoms with E-state index in [1.807, 2.05) is 29.7 Å². The molecule has 0 aliphatic carbocycles. The zero-order valence-corrected chi connectivity index (χ0v) is 20.1. The topological polar surface area (TPSA) is 60.7 Å². The second-order valence-electron chi connectivity index (χ2n) is 7.16. The number of nitrogens with zero attached hydrogens (tertiary/aromatic N) is 2. The van der Waals surface area contributed by atoms with Crippen molar-refractivity contribution in [1.82, 2.24) is 4.57 Å². The van der Waals surface area contributed by atoms with Crippen molar-refractivity contribution in [3.63, 3.8) is 0 Å². The smallest absolute Gasteiger partial charge is 0.279 e. The van der Waals surface area contributed by atoms with Crippen molar-refractivity contribution in [2.24, 2.45) is 4.99 Å². The van der Waals surface area contributed by atoms with Crippen molar-refractivity contribution >= 4 is 56.4 Å². The summed E-state index contributed by atoms with van der Waals surface area (Å²) < 4.78 is 8.20. The van der Waals surface area contributed by atoms with Crippen LogP contribution in [0.2, 0.25) is 10.0 Å². The lowest BCUT2D eigenvalue weighted by atomic mass is 10.0. The average Bonchev–Trinajstić information content (AvgIpc) is 3.16. The monoisotopic (exact) mass is 498 g/mol. The van der Waals surface area contributed by atoms with Gasteiger partial charge in [-0.3, -0.25) is 9.59 Å². The Kier molecular flexibility index (Phi) is 7.40. The first-order valence-corrected chi connectivity index (χ1v) is 11.9. The average molecular weight is 499 g/mol. The number of aromatic nitrogens is 1. The summed E-state index contributed by atoms with van der Waals surface area (Å²) in [4.78, 5) is 30.4. The van der Waals surface area contributed by atoms with Gasteiger partial charge in [-0.05, 0) is 31.2 Å². The molecule has 0 aliphatic rings. The van der Waals surface area contributed by atoms with Gasteiger partial charge in [-0.15, -0.1) is 0 Å². The molecule has 0 saturated heterocycles. The number of hydrogen-bond donors (Lipinski definition) is 0. The molecule has 0 aliphatic heterocycles. The van der Waals surface area contributed by atoms with Gasteiger partial charge in [-0.2, -0.15) is 4.99 Å². The van der Waals surface area contributed by atoms with Crippen LogP contribution in [0.1, 0.15) is 33.2 Å². The molecule has 0 N–H and O–H groups in total. The third-order valence-corrected chi connectivity index (χ3v) is 6.52. The van der Waals surface area contributed by atoms with Crippen molar-refractivity contribution in [3.05, 3.63) is 98.3 Å². The molecule has 33 heavy (non-hydrogen) atoms. The number of halogens is 2. The molecule has 8 heteroatoms. The van der Waals surface area contributed by atoms with Crippen LogP contribution in [0.25, 0.3) is 10.2 Å². The molecule has 0 spiro atoms. The number of hydrogen-bond acceptors (Lipinski definition) is 4. The summed E-state index contributed by atoms with van der Waals surface area (Å²) in [5, 5.41) is 1.00. The van der Waals surface area contributed by atoms with Crippen LogP contribution >= 0.6 is 34.5 Å². The van der Waals surface area contributed by atoms with Gasteiger partial charge in [0.2, 0.25) is 0 Å². The Morgan fingerprint density at radius 1 is 0.970 bits per heavy atom. The Morgan fingerprint density at radius 3 is 2.33 bits per heavy atom. The Bertz CT molecular complexity index is 1380. The number of carbonyl (C=O) groups is 2. The van der Waals surface area contributed by atoms with Crippen LogP contribution < -0.4 is 4.80 Å². The highest BCUT2D eigenvalue weighted by Crippen LogP contribution is 2.29. The zero-order chi connectivity index (χ0) is 23.4. The molecule has 0 saturated carbocycles. The molecule has 1 aromatic heterocycles. The van der Waals surface area contributed by atoms with Crippen molar-refractivity contribution in [2.75, 3.05) is 13.2 Å². The molecular weight excluding hydrogens is 479 g/mol. The molecule has 0 radical (unpaired) electrons. The van der Waals surface area contributed by atoms with Gasteiger partial charge in [-0.1, -0.05) is 77.0 Å². The summed E-state index contributed by atoms with van der Waals surface area (Å²) in [7, 11) is 0. The minimum Gasteiger partial charge on any atom is -0.380 e. The number of thiazole rings is 1. The zero-order valence-electron chi connectivity index (χ0n) is 17.8. The van der Waals surface area contributed by atoms with Gasteiger partial charge >= 0.3 is 0 Å². The number of ether oxygens (including phenoxy) is 1. The summed E-state index contributed by atoms with van der Waals surface area (Å²) in [6, 6.07) is 19.0. The van der Waals surface area contributed by atoms with Gasteiger partial charge < -0.3 is 9.30 Å². The summed E-state index contributed by atoms with van der Waals surface area (Å²) in [5.74, 6) is -0.510. The van der Waals surface area contributed by atoms with E-state index >= 15 is 0 Å². The van der Waals surface area contributed by atoms with Crippen LogP contribution in [-0.4, -0.2) is 29.5 Å². The maximum Gasteiger partial charge on any atom is 0.279 e. The number of rotatable bonds is 7. The molecule has 0 bridgehead atoms. The van der Waals surface area contributed by atoms with Crippen molar-refractivity contribution < 1.29 is 14.3 Å². The molecule has 0 unspecified atom stereocenters. The highest BCUT2D eigenvalue weighted by atomic mass is 35.5. The van der Waals surface area contributed by atoms with Gasteiger partial charge in [0.05, 0.1) is 21.8 Å². The van der Waals surface area contributed by atoms with E-state index in [2.05, 4.69) is 4.99 Å². The summed E-state index contributed by atoms with van der Waals surface area (Å²) in [6.45, 7) is 3.45. The first-order chi connectivity index (χ1) is 16.0. The Hall–Kier alpha value is -2.77. The number of carbonyl (C=O) groups excluding carboxylic acids is 2. The molecule has 1 heterocycles. The Labute approximate surface area is 204 Å². The number of amides is 1. The lowest BCUT2D eigenvalue weighted by molar-refractivity contribution is 0.0993. The molecule has 0 fully saturated rings. The molecule has 5 nitrogen and oxygen atoms in total. The second kappa shape index (κ2) is 10.4. The predicted octanol–water partition coefficient (Wildman–Crippen LogP) is 6.02. The minimum atomic E-state index is -0.410. The van der Waals surface area contributed by atoms with E-state index in [1.54, 1.807) is 48.5 Å². The molecule has 4 aromatic rings. The largest absolute Gasteiger partial charge is 0.380 e. The quantitative estimate of drug-likeness (QED) is 0.231. The first-order valence-electron chi connectivity index (χ1n) is 10.3. The third kappa shape index (κ3) is 5.25. The minimum absolute atomic E-state index is 0.101. The summed E-state index contributed by atoms with van der Waals surface area (Å²) in [6.07, 6.45) is 0. The van der Waals surface area contributed by atoms with Gasteiger partial charge in [0.15, 0.2) is 10.6 Å². The first kappa shape index (κ1) is 23.4. The van der Waals surface area contributed by atoms with E-state index in [9.17, 15) is 9.59 Å². The fourth-order valence-corrected chi connectivity index (χ4v) is 5.23. The van der Waals surface area contributed by atoms with E-state index in [1.165, 1.54) is 11.3 Å². The SMILES string of the molecule is CCOCCn1c(=NC(=O)c2ccc(C(=O)c3ccccc3)cc2)sc2cc(Cl)cc(Cl)c21. The summed E-state index contributed by atoms with van der Waals surface area (Å²) in [5.41, 5.74) is 2.25. The number of fused-ring (bicyclic) bond motifs is 1. The van der Waals surface area contributed by atoms with E-state index in [-0.39, 0.29) is 5.78 Å². The Balaban J connectivity index is 1.67. The van der Waals surface area contributed by atoms with Gasteiger partial charge in [0, 0.05) is 34.9 Å². The highest BCUT2D eigenvalue weighted by Gasteiger charge is 2.14. The lowest BCUT2D eigenvalue weighted by Crippen LogP contribution is -2.20. The number of ketones is 1. The van der Waals surface area contributed by atoms with E-state index in [4.69, 9.17) is 27.9 Å². The van der Waals surface area contributed by atoms with Crippen molar-refractivity contribution in [3.8, 4) is 0 Å². The van der Waals surface area contributed by atoms with Crippen LogP contribution in [0.5, 0.6) is 0 Å². The normalized spacial score (nSPS) is 11.8. The summed E-state index contributed by atoms with van der Waals surface area (Å²) >= 11 is 13.9. The predicted molar refractivity (Wildman–Crippen MR) is 133 cm³/mol. The van der Waals surface area contributed by atoms with E-state index < -0.39 is 5.91 Å². The third-order valence-electron chi connectivity index (χ3n) is 4.99. The van der Waals surface area contributed by atoms with Crippen LogP contribution in [0.15, 0.2) is 71.7 Å². The van der Waals surface area contributed by atoms with E-state index in [0.717, 1.165) is 10.2 Å². The molecule has 1 amide bonds. The molecule has 3 aromatic carbocycles. The van der Waals surface area contributed by atoms with E-state index in [0.29, 0.717) is 51.3 Å². The van der Waals surface area contributed by atoms with Gasteiger partial charge in [0.25, 0.3) is 5.91 Å². The van der Waals surface area contributed by atoms with Crippen LogP contribution in [-0.2, 0) is 11.3 Å². The van der Waals surface area contributed by atoms with Crippen molar-refractivity contribution in [2.45, 2.75) is 13.5 Å². The Morgan fingerprint density at radius 2 is 1.64 bits per heavy atom. The molecular formula is C25H20Cl2N2O3S. The molecule has 4 rings (SSSR count). The maximum atomic E-state index is 12.9. The fraction of sp³-hybridized carbons (Fsp3) is 0.160. The van der Waals surface area contributed by atoms with Gasteiger partial charge in [-0.25, -0.2) is 0 Å². The highest BCUT2D eigenvalue weighted by molar-refractivity contribution is 7.16. The van der Waals surface area contributed by atoms with Gasteiger partial charge in [0.1, 0.15) is 0 Å². The molecule has 0 atom stereocenters. The maximum absolute atomic E-state index is 12.9. The van der Waals surface area contributed by atoms with Crippen LogP contribution in [0.4, 0.5) is 0 Å². The lowest BCUT2D eigenvalue weighted by Gasteiger charge is -2.07. The van der Waals surface area contributed by atoms with Crippen molar-refractivity contribution in [1.29, 1.82) is 0 Å². The fourth-order valence-electron chi connectivity index (χ4n) is 3.39. The van der Waals surface area contributed by atoms with Crippen LogP contribution in [0, 0.1) is 0 Å². The molecule has 168 valence electrons. The number of benzene rings is 3.